The Morgan fingerprint density at radius 1 is 1.33 bits per heavy atom. The summed E-state index contributed by atoms with van der Waals surface area (Å²) in [5, 5.41) is 15.8. The van der Waals surface area contributed by atoms with Crippen LogP contribution in [0.1, 0.15) is 52.1 Å². The van der Waals surface area contributed by atoms with Crippen LogP contribution in [0.5, 0.6) is 0 Å². The summed E-state index contributed by atoms with van der Waals surface area (Å²) in [6, 6.07) is 3.35. The third kappa shape index (κ3) is 7.09. The second-order valence-corrected chi connectivity index (χ2v) is 6.26. The number of hydrogen-bond donors (Lipinski definition) is 3. The molecular weight excluding hydrogens is 266 g/mol. The number of rotatable bonds is 7. The summed E-state index contributed by atoms with van der Waals surface area (Å²) < 4.78 is 0. The molecule has 0 aliphatic carbocycles. The fourth-order valence-electron chi connectivity index (χ4n) is 1.94. The number of amides is 2. The molecule has 2 amide bonds. The van der Waals surface area contributed by atoms with Gasteiger partial charge in [-0.15, -0.1) is 0 Å². The average molecular weight is 293 g/mol. The van der Waals surface area contributed by atoms with Crippen LogP contribution in [0.25, 0.3) is 0 Å². The van der Waals surface area contributed by atoms with Crippen LogP contribution in [0.15, 0.2) is 24.5 Å². The first-order chi connectivity index (χ1) is 9.80. The van der Waals surface area contributed by atoms with Gasteiger partial charge in [-0.2, -0.15) is 0 Å². The van der Waals surface area contributed by atoms with Crippen LogP contribution in [-0.4, -0.2) is 28.3 Å². The molecule has 2 unspecified atom stereocenters. The molecule has 1 heterocycles. The summed E-state index contributed by atoms with van der Waals surface area (Å²) in [6.45, 7) is 8.14. The number of carbonyl (C=O) groups excluding carboxylic acids is 1. The van der Waals surface area contributed by atoms with Gasteiger partial charge in [0.2, 0.25) is 0 Å². The Balaban J connectivity index is 2.37. The highest BCUT2D eigenvalue weighted by atomic mass is 16.3. The summed E-state index contributed by atoms with van der Waals surface area (Å²) in [7, 11) is 0. The molecule has 0 fully saturated rings. The van der Waals surface area contributed by atoms with Gasteiger partial charge in [0, 0.05) is 18.9 Å². The van der Waals surface area contributed by atoms with Crippen molar-refractivity contribution in [2.24, 2.45) is 5.92 Å². The molecule has 0 aromatic carbocycles. The van der Waals surface area contributed by atoms with E-state index in [2.05, 4.69) is 29.5 Å². The largest absolute Gasteiger partial charge is 0.388 e. The zero-order valence-corrected chi connectivity index (χ0v) is 13.4. The lowest BCUT2D eigenvalue weighted by Crippen LogP contribution is -2.45. The molecule has 0 bridgehead atoms. The van der Waals surface area contributed by atoms with Gasteiger partial charge >= 0.3 is 6.03 Å². The van der Waals surface area contributed by atoms with Crippen LogP contribution < -0.4 is 10.6 Å². The first-order valence-corrected chi connectivity index (χ1v) is 7.47. The van der Waals surface area contributed by atoms with E-state index in [1.807, 2.05) is 19.1 Å². The summed E-state index contributed by atoms with van der Waals surface area (Å²) in [6.07, 6.45) is 5.00. The molecule has 0 saturated carbocycles. The van der Waals surface area contributed by atoms with E-state index in [-0.39, 0.29) is 18.6 Å². The molecule has 0 radical (unpaired) electrons. The van der Waals surface area contributed by atoms with Crippen molar-refractivity contribution in [3.8, 4) is 0 Å². The lowest BCUT2D eigenvalue weighted by atomic mass is 9.95. The smallest absolute Gasteiger partial charge is 0.315 e. The zero-order chi connectivity index (χ0) is 15.9. The predicted molar refractivity (Wildman–Crippen MR) is 83.9 cm³/mol. The van der Waals surface area contributed by atoms with Gasteiger partial charge in [-0.25, -0.2) is 4.79 Å². The second kappa shape index (κ2) is 7.98. The Hall–Kier alpha value is -1.62. The SMILES string of the molecule is CC(C)CCC(C)(O)CNC(=O)NC(C)c1ccncc1. The first kappa shape index (κ1) is 17.4. The molecule has 1 rings (SSSR count). The van der Waals surface area contributed by atoms with Crippen LogP contribution in [0.2, 0.25) is 0 Å². The molecule has 5 heteroatoms. The van der Waals surface area contributed by atoms with Crippen molar-refractivity contribution in [3.63, 3.8) is 0 Å². The molecule has 0 spiro atoms. The van der Waals surface area contributed by atoms with E-state index in [1.54, 1.807) is 19.3 Å². The number of hydrogen-bond acceptors (Lipinski definition) is 3. The highest BCUT2D eigenvalue weighted by molar-refractivity contribution is 5.74. The number of carbonyl (C=O) groups is 1. The Morgan fingerprint density at radius 2 is 1.95 bits per heavy atom. The Morgan fingerprint density at radius 3 is 2.52 bits per heavy atom. The fraction of sp³-hybridized carbons (Fsp3) is 0.625. The predicted octanol–water partition coefficient (Wildman–Crippen LogP) is 2.63. The van der Waals surface area contributed by atoms with Gasteiger partial charge in [-0.3, -0.25) is 4.98 Å². The Bertz CT molecular complexity index is 432. The van der Waals surface area contributed by atoms with Crippen molar-refractivity contribution in [2.75, 3.05) is 6.54 Å². The third-order valence-electron chi connectivity index (χ3n) is 3.44. The molecule has 1 aromatic heterocycles. The molecular formula is C16H27N3O2. The number of aromatic nitrogens is 1. The molecule has 1 aromatic rings. The summed E-state index contributed by atoms with van der Waals surface area (Å²) >= 11 is 0. The van der Waals surface area contributed by atoms with E-state index in [1.165, 1.54) is 0 Å². The minimum absolute atomic E-state index is 0.103. The highest BCUT2D eigenvalue weighted by Crippen LogP contribution is 2.15. The van der Waals surface area contributed by atoms with Gasteiger partial charge < -0.3 is 15.7 Å². The van der Waals surface area contributed by atoms with E-state index in [0.717, 1.165) is 12.0 Å². The van der Waals surface area contributed by atoms with Crippen molar-refractivity contribution >= 4 is 6.03 Å². The van der Waals surface area contributed by atoms with Gasteiger partial charge in [-0.1, -0.05) is 13.8 Å². The van der Waals surface area contributed by atoms with Crippen molar-refractivity contribution in [3.05, 3.63) is 30.1 Å². The normalized spacial score (nSPS) is 15.3. The minimum Gasteiger partial charge on any atom is -0.388 e. The number of nitrogens with one attached hydrogen (secondary N) is 2. The maximum absolute atomic E-state index is 11.9. The summed E-state index contributed by atoms with van der Waals surface area (Å²) in [4.78, 5) is 15.8. The number of pyridine rings is 1. The van der Waals surface area contributed by atoms with Crippen LogP contribution in [0, 0.1) is 5.92 Å². The lowest BCUT2D eigenvalue weighted by Gasteiger charge is -2.25. The van der Waals surface area contributed by atoms with Crippen molar-refractivity contribution in [1.29, 1.82) is 0 Å². The van der Waals surface area contributed by atoms with E-state index in [4.69, 9.17) is 0 Å². The molecule has 0 saturated heterocycles. The molecule has 5 nitrogen and oxygen atoms in total. The third-order valence-corrected chi connectivity index (χ3v) is 3.44. The van der Waals surface area contributed by atoms with E-state index < -0.39 is 5.60 Å². The van der Waals surface area contributed by atoms with Crippen molar-refractivity contribution < 1.29 is 9.90 Å². The van der Waals surface area contributed by atoms with Crippen LogP contribution in [0.4, 0.5) is 4.79 Å². The fourth-order valence-corrected chi connectivity index (χ4v) is 1.94. The summed E-state index contributed by atoms with van der Waals surface area (Å²) in [5.41, 5.74) is 0.119. The molecule has 21 heavy (non-hydrogen) atoms. The molecule has 3 N–H and O–H groups in total. The van der Waals surface area contributed by atoms with E-state index >= 15 is 0 Å². The maximum atomic E-state index is 11.9. The minimum atomic E-state index is -0.873. The topological polar surface area (TPSA) is 74.2 Å². The van der Waals surface area contributed by atoms with Gasteiger partial charge in [0.05, 0.1) is 11.6 Å². The van der Waals surface area contributed by atoms with E-state index in [9.17, 15) is 9.90 Å². The summed E-state index contributed by atoms with van der Waals surface area (Å²) in [5.74, 6) is 0.539. The zero-order valence-electron chi connectivity index (χ0n) is 13.4. The maximum Gasteiger partial charge on any atom is 0.315 e. The number of aliphatic hydroxyl groups is 1. The highest BCUT2D eigenvalue weighted by Gasteiger charge is 2.21. The quantitative estimate of drug-likeness (QED) is 0.723. The van der Waals surface area contributed by atoms with Gasteiger partial charge in [0.1, 0.15) is 0 Å². The van der Waals surface area contributed by atoms with Gasteiger partial charge in [0.25, 0.3) is 0 Å². The lowest BCUT2D eigenvalue weighted by molar-refractivity contribution is 0.0476. The number of nitrogens with zero attached hydrogens (tertiary/aromatic N) is 1. The van der Waals surface area contributed by atoms with E-state index in [0.29, 0.717) is 12.3 Å². The van der Waals surface area contributed by atoms with Crippen LogP contribution in [-0.2, 0) is 0 Å². The van der Waals surface area contributed by atoms with Gasteiger partial charge in [-0.05, 0) is 50.3 Å². The van der Waals surface area contributed by atoms with Crippen LogP contribution >= 0.6 is 0 Å². The molecule has 2 atom stereocenters. The van der Waals surface area contributed by atoms with Crippen molar-refractivity contribution in [2.45, 2.75) is 52.2 Å². The number of urea groups is 1. The average Bonchev–Trinajstić information content (AvgIpc) is 2.44. The monoisotopic (exact) mass is 293 g/mol. The Labute approximate surface area is 127 Å². The van der Waals surface area contributed by atoms with Crippen molar-refractivity contribution in [1.82, 2.24) is 15.6 Å². The van der Waals surface area contributed by atoms with Crippen LogP contribution in [0.3, 0.4) is 0 Å². The Kier molecular flexibility index (Phi) is 6.62. The first-order valence-electron chi connectivity index (χ1n) is 7.47. The molecule has 0 aliphatic rings. The van der Waals surface area contributed by atoms with Gasteiger partial charge in [0.15, 0.2) is 0 Å². The molecule has 118 valence electrons. The molecule has 0 aliphatic heterocycles. The standard InChI is InChI=1S/C16H27N3O2/c1-12(2)5-8-16(4,21)11-18-15(20)19-13(3)14-6-9-17-10-7-14/h6-7,9-10,12-13,21H,5,8,11H2,1-4H3,(H2,18,19,20). The second-order valence-electron chi connectivity index (χ2n) is 6.26.